The summed E-state index contributed by atoms with van der Waals surface area (Å²) < 4.78 is 14.0. The average Bonchev–Trinajstić information content (AvgIpc) is 2.78. The van der Waals surface area contributed by atoms with Crippen molar-refractivity contribution in [2.75, 3.05) is 26.2 Å². The van der Waals surface area contributed by atoms with E-state index < -0.39 is 17.8 Å². The number of carbonyl (C=O) groups excluding carboxylic acids is 3. The minimum absolute atomic E-state index is 0.0808. The van der Waals surface area contributed by atoms with Gasteiger partial charge in [-0.05, 0) is 43.2 Å². The van der Waals surface area contributed by atoms with Crippen molar-refractivity contribution in [2.45, 2.75) is 26.8 Å². The Morgan fingerprint density at radius 1 is 0.969 bits per heavy atom. The fourth-order valence-electron chi connectivity index (χ4n) is 3.60. The predicted octanol–water partition coefficient (Wildman–Crippen LogP) is 3.53. The molecule has 6 nitrogen and oxygen atoms in total. The van der Waals surface area contributed by atoms with E-state index in [0.717, 1.165) is 5.56 Å². The lowest BCUT2D eigenvalue weighted by molar-refractivity contribution is -0.135. The quantitative estimate of drug-likeness (QED) is 0.743. The number of benzene rings is 2. The molecule has 8 heteroatoms. The van der Waals surface area contributed by atoms with Gasteiger partial charge in [-0.2, -0.15) is 0 Å². The number of hydrogen-bond donors (Lipinski definition) is 1. The van der Waals surface area contributed by atoms with Crippen LogP contribution in [0.1, 0.15) is 40.1 Å². The summed E-state index contributed by atoms with van der Waals surface area (Å²) in [6, 6.07) is 10.3. The van der Waals surface area contributed by atoms with Crippen molar-refractivity contribution < 1.29 is 18.8 Å². The molecule has 1 atom stereocenters. The lowest BCUT2D eigenvalue weighted by Crippen LogP contribution is -2.57. The van der Waals surface area contributed by atoms with Crippen LogP contribution >= 0.6 is 11.6 Å². The van der Waals surface area contributed by atoms with Crippen LogP contribution in [0, 0.1) is 18.7 Å². The number of nitrogens with zero attached hydrogens (tertiary/aromatic N) is 2. The van der Waals surface area contributed by atoms with Gasteiger partial charge in [0.05, 0.1) is 5.56 Å². The van der Waals surface area contributed by atoms with Gasteiger partial charge in [-0.1, -0.05) is 43.1 Å². The third-order valence-corrected chi connectivity index (χ3v) is 5.81. The van der Waals surface area contributed by atoms with Gasteiger partial charge in [0.15, 0.2) is 0 Å². The molecule has 1 fully saturated rings. The molecule has 3 rings (SSSR count). The summed E-state index contributed by atoms with van der Waals surface area (Å²) in [5.41, 5.74) is 1.46. The van der Waals surface area contributed by atoms with Crippen LogP contribution in [0.4, 0.5) is 4.39 Å². The Balaban J connectivity index is 1.63. The molecule has 0 spiro atoms. The SMILES string of the molecule is Cc1ccc(C(=O)NC(C(=O)N2CCN(C(=O)c3cc(Cl)ccc3F)CC2)C(C)C)cc1. The molecule has 0 aromatic heterocycles. The molecule has 32 heavy (non-hydrogen) atoms. The van der Waals surface area contributed by atoms with E-state index in [2.05, 4.69) is 5.32 Å². The Hall–Kier alpha value is -2.93. The van der Waals surface area contributed by atoms with Gasteiger partial charge < -0.3 is 15.1 Å². The minimum Gasteiger partial charge on any atom is -0.340 e. The molecular weight excluding hydrogens is 433 g/mol. The van der Waals surface area contributed by atoms with Crippen molar-refractivity contribution in [1.82, 2.24) is 15.1 Å². The van der Waals surface area contributed by atoms with Gasteiger partial charge in [-0.3, -0.25) is 14.4 Å². The molecule has 1 aliphatic heterocycles. The van der Waals surface area contributed by atoms with Crippen molar-refractivity contribution >= 4 is 29.3 Å². The number of piperazine rings is 1. The largest absolute Gasteiger partial charge is 0.340 e. The molecule has 0 radical (unpaired) electrons. The van der Waals surface area contributed by atoms with Crippen LogP contribution in [0.2, 0.25) is 5.02 Å². The van der Waals surface area contributed by atoms with E-state index in [1.807, 2.05) is 32.9 Å². The molecule has 3 amide bonds. The highest BCUT2D eigenvalue weighted by molar-refractivity contribution is 6.31. The van der Waals surface area contributed by atoms with Crippen molar-refractivity contribution in [3.8, 4) is 0 Å². The zero-order valence-electron chi connectivity index (χ0n) is 18.4. The maximum absolute atomic E-state index is 14.0. The Kier molecular flexibility index (Phi) is 7.51. The molecule has 1 aliphatic rings. The monoisotopic (exact) mass is 459 g/mol. The summed E-state index contributed by atoms with van der Waals surface area (Å²) in [6.45, 7) is 6.83. The maximum Gasteiger partial charge on any atom is 0.257 e. The third-order valence-electron chi connectivity index (χ3n) is 5.57. The Morgan fingerprint density at radius 3 is 2.16 bits per heavy atom. The number of carbonyl (C=O) groups is 3. The van der Waals surface area contributed by atoms with Gasteiger partial charge in [0, 0.05) is 36.8 Å². The summed E-state index contributed by atoms with van der Waals surface area (Å²) in [4.78, 5) is 41.6. The maximum atomic E-state index is 14.0. The standard InChI is InChI=1S/C24H27ClFN3O3/c1-15(2)21(27-22(30)17-6-4-16(3)5-7-17)24(32)29-12-10-28(11-13-29)23(31)19-14-18(25)8-9-20(19)26/h4-9,14-15,21H,10-13H2,1-3H3,(H,27,30). The van der Waals surface area contributed by atoms with E-state index in [-0.39, 0.29) is 41.4 Å². The second-order valence-electron chi connectivity index (χ2n) is 8.30. The average molecular weight is 460 g/mol. The second-order valence-corrected chi connectivity index (χ2v) is 8.74. The van der Waals surface area contributed by atoms with E-state index in [0.29, 0.717) is 18.7 Å². The number of aryl methyl sites for hydroxylation is 1. The van der Waals surface area contributed by atoms with Gasteiger partial charge in [0.25, 0.3) is 11.8 Å². The first-order valence-electron chi connectivity index (χ1n) is 10.6. The van der Waals surface area contributed by atoms with Crippen molar-refractivity contribution in [3.05, 3.63) is 70.0 Å². The topological polar surface area (TPSA) is 69.7 Å². The molecule has 1 unspecified atom stereocenters. The van der Waals surface area contributed by atoms with Gasteiger partial charge >= 0.3 is 0 Å². The van der Waals surface area contributed by atoms with Crippen molar-refractivity contribution in [1.29, 1.82) is 0 Å². The molecule has 0 bridgehead atoms. The highest BCUT2D eigenvalue weighted by Gasteiger charge is 2.32. The number of halogens is 2. The number of hydrogen-bond acceptors (Lipinski definition) is 3. The number of rotatable bonds is 5. The first kappa shape index (κ1) is 23.7. The predicted molar refractivity (Wildman–Crippen MR) is 121 cm³/mol. The van der Waals surface area contributed by atoms with Crippen LogP contribution in [-0.2, 0) is 4.79 Å². The van der Waals surface area contributed by atoms with Crippen molar-refractivity contribution in [2.24, 2.45) is 5.92 Å². The Bertz CT molecular complexity index is 1000. The summed E-state index contributed by atoms with van der Waals surface area (Å²) >= 11 is 5.90. The molecule has 1 saturated heterocycles. The first-order chi connectivity index (χ1) is 15.2. The number of amides is 3. The Labute approximate surface area is 192 Å². The van der Waals surface area contributed by atoms with Crippen LogP contribution in [0.15, 0.2) is 42.5 Å². The highest BCUT2D eigenvalue weighted by Crippen LogP contribution is 2.18. The number of nitrogens with one attached hydrogen (secondary N) is 1. The van der Waals surface area contributed by atoms with Gasteiger partial charge in [0.1, 0.15) is 11.9 Å². The fraction of sp³-hybridized carbons (Fsp3) is 0.375. The van der Waals surface area contributed by atoms with E-state index in [4.69, 9.17) is 11.6 Å². The molecule has 0 aliphatic carbocycles. The molecule has 2 aromatic carbocycles. The molecule has 0 saturated carbocycles. The molecule has 170 valence electrons. The summed E-state index contributed by atoms with van der Waals surface area (Å²) in [6.07, 6.45) is 0. The molecular formula is C24H27ClFN3O3. The normalized spacial score (nSPS) is 14.9. The zero-order chi connectivity index (χ0) is 23.4. The van der Waals surface area contributed by atoms with Crippen LogP contribution in [0.25, 0.3) is 0 Å². The zero-order valence-corrected chi connectivity index (χ0v) is 19.2. The van der Waals surface area contributed by atoms with Gasteiger partial charge in [0.2, 0.25) is 5.91 Å². The van der Waals surface area contributed by atoms with Crippen LogP contribution < -0.4 is 5.32 Å². The van der Waals surface area contributed by atoms with Gasteiger partial charge in [-0.15, -0.1) is 0 Å². The molecule has 1 N–H and O–H groups in total. The van der Waals surface area contributed by atoms with Gasteiger partial charge in [-0.25, -0.2) is 4.39 Å². The summed E-state index contributed by atoms with van der Waals surface area (Å²) in [7, 11) is 0. The lowest BCUT2D eigenvalue weighted by atomic mass is 10.0. The molecule has 1 heterocycles. The van der Waals surface area contributed by atoms with Crippen molar-refractivity contribution in [3.63, 3.8) is 0 Å². The minimum atomic E-state index is -0.684. The van der Waals surface area contributed by atoms with E-state index in [9.17, 15) is 18.8 Å². The summed E-state index contributed by atoms with van der Waals surface area (Å²) in [5.74, 6) is -1.69. The summed E-state index contributed by atoms with van der Waals surface area (Å²) in [5, 5.41) is 3.13. The van der Waals surface area contributed by atoms with Crippen LogP contribution in [0.3, 0.4) is 0 Å². The van der Waals surface area contributed by atoms with Crippen LogP contribution in [-0.4, -0.2) is 59.7 Å². The lowest BCUT2D eigenvalue weighted by Gasteiger charge is -2.37. The Morgan fingerprint density at radius 2 is 1.56 bits per heavy atom. The van der Waals surface area contributed by atoms with E-state index >= 15 is 0 Å². The fourth-order valence-corrected chi connectivity index (χ4v) is 3.77. The van der Waals surface area contributed by atoms with Crippen LogP contribution in [0.5, 0.6) is 0 Å². The third kappa shape index (κ3) is 5.46. The smallest absolute Gasteiger partial charge is 0.257 e. The highest BCUT2D eigenvalue weighted by atomic mass is 35.5. The second kappa shape index (κ2) is 10.1. The van der Waals surface area contributed by atoms with E-state index in [1.165, 1.54) is 23.1 Å². The molecule has 2 aromatic rings. The van der Waals surface area contributed by atoms with E-state index in [1.54, 1.807) is 17.0 Å². The first-order valence-corrected chi connectivity index (χ1v) is 11.0.